The predicted molar refractivity (Wildman–Crippen MR) is 116 cm³/mol. The Bertz CT molecular complexity index is 793. The number of hydrogen-bond donors (Lipinski definition) is 1. The molecule has 0 aliphatic heterocycles. The van der Waals surface area contributed by atoms with Crippen LogP contribution in [0.25, 0.3) is 0 Å². The van der Waals surface area contributed by atoms with Crippen LogP contribution in [0.3, 0.4) is 0 Å². The highest BCUT2D eigenvalue weighted by Gasteiger charge is 2.26. The van der Waals surface area contributed by atoms with Gasteiger partial charge in [-0.1, -0.05) is 35.0 Å². The molecule has 2 aromatic carbocycles. The monoisotopic (exact) mass is 462 g/mol. The van der Waals surface area contributed by atoms with Crippen LogP contribution in [0.15, 0.2) is 53.0 Å². The first-order chi connectivity index (χ1) is 13.9. The lowest BCUT2D eigenvalue weighted by Crippen LogP contribution is -2.49. The van der Waals surface area contributed by atoms with Gasteiger partial charge in [-0.05, 0) is 55.3 Å². The Kier molecular flexibility index (Phi) is 8.99. The summed E-state index contributed by atoms with van der Waals surface area (Å²) in [6, 6.07) is 14.1. The number of rotatable bonds is 10. The molecule has 1 atom stereocenters. The minimum absolute atomic E-state index is 0.158. The molecule has 0 aliphatic rings. The minimum atomic E-state index is -0.614. The van der Waals surface area contributed by atoms with Crippen molar-refractivity contribution in [2.24, 2.45) is 0 Å². The third kappa shape index (κ3) is 7.09. The van der Waals surface area contributed by atoms with Crippen molar-refractivity contribution in [3.63, 3.8) is 0 Å². The molecule has 6 nitrogen and oxygen atoms in total. The molecule has 2 aromatic rings. The lowest BCUT2D eigenvalue weighted by atomic mass is 10.1. The van der Waals surface area contributed by atoms with Crippen LogP contribution in [-0.4, -0.2) is 43.0 Å². The van der Waals surface area contributed by atoms with E-state index < -0.39 is 6.04 Å². The molecule has 2 amide bonds. The standard InChI is InChI=1S/C22H27BrN2O4/c1-4-13-24-22(27)16(2)25(14-17-5-7-18(23)8-6-17)21(26)15-29-20-11-9-19(28-3)10-12-20/h5-12,16H,4,13-15H2,1-3H3,(H,24,27)/t16-/m1/s1. The second-order valence-electron chi connectivity index (χ2n) is 6.58. The van der Waals surface area contributed by atoms with Crippen LogP contribution in [0.2, 0.25) is 0 Å². The van der Waals surface area contributed by atoms with Gasteiger partial charge in [0.25, 0.3) is 5.91 Å². The Balaban J connectivity index is 2.09. The highest BCUT2D eigenvalue weighted by atomic mass is 79.9. The van der Waals surface area contributed by atoms with Crippen LogP contribution in [0.5, 0.6) is 11.5 Å². The van der Waals surface area contributed by atoms with Crippen LogP contribution < -0.4 is 14.8 Å². The van der Waals surface area contributed by atoms with E-state index in [9.17, 15) is 9.59 Å². The first-order valence-electron chi connectivity index (χ1n) is 9.53. The maximum atomic E-state index is 12.9. The Morgan fingerprint density at radius 2 is 1.69 bits per heavy atom. The van der Waals surface area contributed by atoms with E-state index in [2.05, 4.69) is 21.2 Å². The van der Waals surface area contributed by atoms with Crippen molar-refractivity contribution in [2.75, 3.05) is 20.3 Å². The largest absolute Gasteiger partial charge is 0.497 e. The molecule has 7 heteroatoms. The van der Waals surface area contributed by atoms with Gasteiger partial charge in [-0.25, -0.2) is 0 Å². The van der Waals surface area contributed by atoms with E-state index >= 15 is 0 Å². The predicted octanol–water partition coefficient (Wildman–Crippen LogP) is 3.78. The first kappa shape index (κ1) is 22.7. The molecule has 29 heavy (non-hydrogen) atoms. The van der Waals surface area contributed by atoms with E-state index in [0.29, 0.717) is 24.6 Å². The summed E-state index contributed by atoms with van der Waals surface area (Å²) in [6.45, 7) is 4.45. The Morgan fingerprint density at radius 1 is 1.07 bits per heavy atom. The number of methoxy groups -OCH3 is 1. The molecule has 0 aliphatic carbocycles. The second-order valence-corrected chi connectivity index (χ2v) is 7.49. The van der Waals surface area contributed by atoms with Crippen molar-refractivity contribution >= 4 is 27.7 Å². The van der Waals surface area contributed by atoms with Gasteiger partial charge >= 0.3 is 0 Å². The maximum absolute atomic E-state index is 12.9. The number of carbonyl (C=O) groups excluding carboxylic acids is 2. The van der Waals surface area contributed by atoms with Gasteiger partial charge in [-0.15, -0.1) is 0 Å². The average Bonchev–Trinajstić information content (AvgIpc) is 2.75. The van der Waals surface area contributed by atoms with Gasteiger partial charge in [-0.3, -0.25) is 9.59 Å². The summed E-state index contributed by atoms with van der Waals surface area (Å²) in [5.74, 6) is 0.831. The van der Waals surface area contributed by atoms with E-state index in [1.807, 2.05) is 31.2 Å². The molecule has 0 unspecified atom stereocenters. The zero-order chi connectivity index (χ0) is 21.2. The van der Waals surface area contributed by atoms with Gasteiger partial charge in [0.05, 0.1) is 7.11 Å². The Morgan fingerprint density at radius 3 is 2.28 bits per heavy atom. The molecule has 1 N–H and O–H groups in total. The topological polar surface area (TPSA) is 67.9 Å². The number of amides is 2. The smallest absolute Gasteiger partial charge is 0.261 e. The molecule has 0 aromatic heterocycles. The highest BCUT2D eigenvalue weighted by molar-refractivity contribution is 9.10. The summed E-state index contributed by atoms with van der Waals surface area (Å²) < 4.78 is 11.7. The minimum Gasteiger partial charge on any atom is -0.497 e. The van der Waals surface area contributed by atoms with Gasteiger partial charge in [0.15, 0.2) is 6.61 Å². The first-order valence-corrected chi connectivity index (χ1v) is 10.3. The second kappa shape index (κ2) is 11.5. The highest BCUT2D eigenvalue weighted by Crippen LogP contribution is 2.18. The Labute approximate surface area is 180 Å². The normalized spacial score (nSPS) is 11.4. The van der Waals surface area contributed by atoms with E-state index in [4.69, 9.17) is 9.47 Å². The molecule has 0 fully saturated rings. The van der Waals surface area contributed by atoms with Crippen molar-refractivity contribution in [1.82, 2.24) is 10.2 Å². The van der Waals surface area contributed by atoms with Gasteiger partial charge in [0, 0.05) is 17.6 Å². The maximum Gasteiger partial charge on any atom is 0.261 e. The van der Waals surface area contributed by atoms with Gasteiger partial charge < -0.3 is 19.7 Å². The summed E-state index contributed by atoms with van der Waals surface area (Å²) in [5.41, 5.74) is 0.932. The molecule has 0 bridgehead atoms. The molecule has 0 saturated heterocycles. The van der Waals surface area contributed by atoms with Crippen LogP contribution in [0.1, 0.15) is 25.8 Å². The lowest BCUT2D eigenvalue weighted by molar-refractivity contribution is -0.142. The molecule has 156 valence electrons. The summed E-state index contributed by atoms with van der Waals surface area (Å²) >= 11 is 3.41. The number of benzene rings is 2. The number of halogens is 1. The van der Waals surface area contributed by atoms with E-state index in [1.165, 1.54) is 4.90 Å². The fourth-order valence-corrected chi connectivity index (χ4v) is 2.93. The van der Waals surface area contributed by atoms with Crippen LogP contribution >= 0.6 is 15.9 Å². The van der Waals surface area contributed by atoms with Crippen molar-refractivity contribution in [1.29, 1.82) is 0 Å². The van der Waals surface area contributed by atoms with Gasteiger partial charge in [0.2, 0.25) is 5.91 Å². The SMILES string of the molecule is CCCNC(=O)[C@@H](C)N(Cc1ccc(Br)cc1)C(=O)COc1ccc(OC)cc1. The van der Waals surface area contributed by atoms with E-state index in [1.54, 1.807) is 38.3 Å². The zero-order valence-corrected chi connectivity index (χ0v) is 18.6. The number of nitrogens with zero attached hydrogens (tertiary/aromatic N) is 1. The summed E-state index contributed by atoms with van der Waals surface area (Å²) in [7, 11) is 1.59. The van der Waals surface area contributed by atoms with Crippen LogP contribution in [0.4, 0.5) is 0 Å². The number of hydrogen-bond acceptors (Lipinski definition) is 4. The molecular formula is C22H27BrN2O4. The van der Waals surface area contributed by atoms with Crippen molar-refractivity contribution in [3.05, 3.63) is 58.6 Å². The fraction of sp³-hybridized carbons (Fsp3) is 0.364. The lowest BCUT2D eigenvalue weighted by Gasteiger charge is -2.28. The van der Waals surface area contributed by atoms with Crippen molar-refractivity contribution in [2.45, 2.75) is 32.9 Å². The van der Waals surface area contributed by atoms with Gasteiger partial charge in [0.1, 0.15) is 17.5 Å². The molecule has 0 saturated carbocycles. The quantitative estimate of drug-likeness (QED) is 0.583. The third-order valence-corrected chi connectivity index (χ3v) is 4.93. The van der Waals surface area contributed by atoms with Crippen molar-refractivity contribution in [3.8, 4) is 11.5 Å². The summed E-state index contributed by atoms with van der Waals surface area (Å²) in [5, 5.41) is 2.85. The number of ether oxygens (including phenoxy) is 2. The molecule has 2 rings (SSSR count). The van der Waals surface area contributed by atoms with Gasteiger partial charge in [-0.2, -0.15) is 0 Å². The molecule has 0 heterocycles. The third-order valence-electron chi connectivity index (χ3n) is 4.40. The van der Waals surface area contributed by atoms with E-state index in [0.717, 1.165) is 16.5 Å². The zero-order valence-electron chi connectivity index (χ0n) is 17.0. The molecular weight excluding hydrogens is 436 g/mol. The number of nitrogens with one attached hydrogen (secondary N) is 1. The molecule has 0 spiro atoms. The number of carbonyl (C=O) groups is 2. The van der Waals surface area contributed by atoms with Crippen LogP contribution in [0, 0.1) is 0 Å². The van der Waals surface area contributed by atoms with E-state index in [-0.39, 0.29) is 18.4 Å². The van der Waals surface area contributed by atoms with Crippen LogP contribution in [-0.2, 0) is 16.1 Å². The summed E-state index contributed by atoms with van der Waals surface area (Å²) in [6.07, 6.45) is 0.833. The Hall–Kier alpha value is -2.54. The summed E-state index contributed by atoms with van der Waals surface area (Å²) in [4.78, 5) is 26.9. The molecule has 0 radical (unpaired) electrons. The average molecular weight is 463 g/mol. The van der Waals surface area contributed by atoms with Crippen molar-refractivity contribution < 1.29 is 19.1 Å². The fourth-order valence-electron chi connectivity index (χ4n) is 2.66.